The molecule has 0 aliphatic heterocycles. The molecule has 1 aromatic rings. The van der Waals surface area contributed by atoms with Crippen molar-refractivity contribution in [2.24, 2.45) is 0 Å². The summed E-state index contributed by atoms with van der Waals surface area (Å²) in [6.45, 7) is 1.46. The van der Waals surface area contributed by atoms with Gasteiger partial charge in [0.25, 0.3) is 5.75 Å². The fraction of sp³-hybridized carbons (Fsp3) is 0.400. The average Bonchev–Trinajstić information content (AvgIpc) is 2.31. The van der Waals surface area contributed by atoms with Gasteiger partial charge in [0.1, 0.15) is 5.69 Å². The number of alkyl halides is 3. The molecule has 0 atom stereocenters. The van der Waals surface area contributed by atoms with Crippen LogP contribution in [0.4, 0.5) is 18.9 Å². The summed E-state index contributed by atoms with van der Waals surface area (Å²) in [7, 11) is 0. The van der Waals surface area contributed by atoms with E-state index in [2.05, 4.69) is 14.5 Å². The van der Waals surface area contributed by atoms with Crippen LogP contribution in [-0.2, 0) is 16.0 Å². The van der Waals surface area contributed by atoms with Crippen molar-refractivity contribution in [3.63, 3.8) is 0 Å². The number of rotatable bonds is 5. The van der Waals surface area contributed by atoms with Crippen LogP contribution < -0.4 is 4.74 Å². The Morgan fingerprint density at radius 2 is 2.14 bits per heavy atom. The second-order valence-electron chi connectivity index (χ2n) is 3.55. The molecule has 116 valence electrons. The van der Waals surface area contributed by atoms with Gasteiger partial charge >= 0.3 is 18.0 Å². The first-order valence-electron chi connectivity index (χ1n) is 5.42. The Hall–Kier alpha value is -2.59. The summed E-state index contributed by atoms with van der Waals surface area (Å²) in [5.74, 6) is -3.52. The highest BCUT2D eigenvalue weighted by Gasteiger charge is 2.38. The molecule has 0 saturated carbocycles. The molecule has 0 bridgehead atoms. The Morgan fingerprint density at radius 1 is 1.52 bits per heavy atom. The SMILES string of the molecule is CCOC(=O)Cc1ncc(O)c(OC(F)(F)F)c1[N+](=O)[O-]. The molecule has 1 rings (SSSR count). The molecule has 1 heterocycles. The lowest BCUT2D eigenvalue weighted by Crippen LogP contribution is -2.19. The Balaban J connectivity index is 3.30. The molecule has 1 N–H and O–H groups in total. The zero-order valence-electron chi connectivity index (χ0n) is 10.5. The van der Waals surface area contributed by atoms with Gasteiger partial charge in [0, 0.05) is 0 Å². The number of nitrogens with zero attached hydrogens (tertiary/aromatic N) is 2. The lowest BCUT2D eigenvalue weighted by Gasteiger charge is -2.12. The van der Waals surface area contributed by atoms with E-state index in [1.54, 1.807) is 0 Å². The van der Waals surface area contributed by atoms with Gasteiger partial charge in [-0.15, -0.1) is 13.2 Å². The van der Waals surface area contributed by atoms with Crippen LogP contribution in [0.2, 0.25) is 0 Å². The molecule has 0 amide bonds. The second-order valence-corrected chi connectivity index (χ2v) is 3.55. The smallest absolute Gasteiger partial charge is 0.503 e. The van der Waals surface area contributed by atoms with Gasteiger partial charge in [0.05, 0.1) is 24.1 Å². The van der Waals surface area contributed by atoms with Crippen molar-refractivity contribution in [1.29, 1.82) is 0 Å². The number of hydrogen-bond acceptors (Lipinski definition) is 7. The molecule has 0 aliphatic rings. The van der Waals surface area contributed by atoms with Crippen LogP contribution in [0, 0.1) is 10.1 Å². The second kappa shape index (κ2) is 6.24. The number of esters is 1. The van der Waals surface area contributed by atoms with Crippen molar-refractivity contribution in [3.05, 3.63) is 22.0 Å². The first-order valence-corrected chi connectivity index (χ1v) is 5.42. The standard InChI is InChI=1S/C10H9F3N2O6/c1-2-20-7(17)3-5-8(15(18)19)9(6(16)4-14-5)21-10(11,12)13/h4,16H,2-3H2,1H3. The van der Waals surface area contributed by atoms with Gasteiger partial charge in [-0.05, 0) is 6.92 Å². The molecule has 21 heavy (non-hydrogen) atoms. The van der Waals surface area contributed by atoms with E-state index in [9.17, 15) is 33.2 Å². The van der Waals surface area contributed by atoms with Crippen molar-refractivity contribution in [1.82, 2.24) is 4.98 Å². The van der Waals surface area contributed by atoms with E-state index in [0.29, 0.717) is 6.20 Å². The molecule has 0 saturated heterocycles. The summed E-state index contributed by atoms with van der Waals surface area (Å²) in [6.07, 6.45) is -5.48. The summed E-state index contributed by atoms with van der Waals surface area (Å²) >= 11 is 0. The minimum absolute atomic E-state index is 0.0172. The monoisotopic (exact) mass is 310 g/mol. The van der Waals surface area contributed by atoms with E-state index in [0.717, 1.165) is 0 Å². The van der Waals surface area contributed by atoms with Gasteiger partial charge in [-0.3, -0.25) is 14.9 Å². The Kier molecular flexibility index (Phi) is 4.89. The number of pyridine rings is 1. The maximum absolute atomic E-state index is 12.2. The summed E-state index contributed by atoms with van der Waals surface area (Å²) in [5, 5.41) is 20.1. The third-order valence-electron chi connectivity index (χ3n) is 2.08. The number of carbonyl (C=O) groups is 1. The quantitative estimate of drug-likeness (QED) is 0.500. The lowest BCUT2D eigenvalue weighted by atomic mass is 10.2. The average molecular weight is 310 g/mol. The van der Waals surface area contributed by atoms with Crippen LogP contribution in [0.25, 0.3) is 0 Å². The molecular weight excluding hydrogens is 301 g/mol. The Labute approximate surface area is 115 Å². The molecule has 11 heteroatoms. The third-order valence-corrected chi connectivity index (χ3v) is 2.08. The molecule has 0 fully saturated rings. The van der Waals surface area contributed by atoms with E-state index < -0.39 is 46.6 Å². The van der Waals surface area contributed by atoms with Crippen molar-refractivity contribution in [3.8, 4) is 11.5 Å². The molecule has 1 aromatic heterocycles. The number of aromatic nitrogens is 1. The molecule has 0 unspecified atom stereocenters. The van der Waals surface area contributed by atoms with Gasteiger partial charge in [-0.25, -0.2) is 4.98 Å². The van der Waals surface area contributed by atoms with Gasteiger partial charge in [0.15, 0.2) is 5.75 Å². The highest BCUT2D eigenvalue weighted by atomic mass is 19.4. The van der Waals surface area contributed by atoms with E-state index >= 15 is 0 Å². The highest BCUT2D eigenvalue weighted by molar-refractivity contribution is 5.74. The fourth-order valence-corrected chi connectivity index (χ4v) is 1.39. The summed E-state index contributed by atoms with van der Waals surface area (Å²) in [5.41, 5.74) is -1.86. The molecular formula is C10H9F3N2O6. The predicted octanol–water partition coefficient (Wildman–Crippen LogP) is 1.70. The number of carbonyl (C=O) groups excluding carboxylic acids is 1. The zero-order valence-corrected chi connectivity index (χ0v) is 10.5. The van der Waals surface area contributed by atoms with E-state index in [1.165, 1.54) is 6.92 Å². The van der Waals surface area contributed by atoms with Crippen molar-refractivity contribution >= 4 is 11.7 Å². The van der Waals surface area contributed by atoms with Gasteiger partial charge in [-0.1, -0.05) is 0 Å². The van der Waals surface area contributed by atoms with Crippen LogP contribution in [-0.4, -0.2) is 34.0 Å². The maximum Gasteiger partial charge on any atom is 0.573 e. The molecule has 0 spiro atoms. The summed E-state index contributed by atoms with van der Waals surface area (Å²) in [4.78, 5) is 24.3. The fourth-order valence-electron chi connectivity index (χ4n) is 1.39. The predicted molar refractivity (Wildman–Crippen MR) is 59.6 cm³/mol. The summed E-state index contributed by atoms with van der Waals surface area (Å²) in [6, 6.07) is 0. The Morgan fingerprint density at radius 3 is 2.62 bits per heavy atom. The molecule has 0 aromatic carbocycles. The van der Waals surface area contributed by atoms with Crippen LogP contribution in [0.15, 0.2) is 6.20 Å². The minimum Gasteiger partial charge on any atom is -0.503 e. The normalized spacial score (nSPS) is 11.0. The number of hydrogen-bond donors (Lipinski definition) is 1. The first-order chi connectivity index (χ1) is 9.65. The van der Waals surface area contributed by atoms with Gasteiger partial charge in [0.2, 0.25) is 0 Å². The number of ether oxygens (including phenoxy) is 2. The van der Waals surface area contributed by atoms with Crippen LogP contribution in [0.3, 0.4) is 0 Å². The first kappa shape index (κ1) is 16.5. The van der Waals surface area contributed by atoms with Crippen LogP contribution >= 0.6 is 0 Å². The van der Waals surface area contributed by atoms with Crippen LogP contribution in [0.1, 0.15) is 12.6 Å². The lowest BCUT2D eigenvalue weighted by molar-refractivity contribution is -0.389. The van der Waals surface area contributed by atoms with E-state index in [1.807, 2.05) is 0 Å². The van der Waals surface area contributed by atoms with Crippen molar-refractivity contribution in [2.45, 2.75) is 19.7 Å². The number of halogens is 3. The maximum atomic E-state index is 12.2. The van der Waals surface area contributed by atoms with E-state index in [-0.39, 0.29) is 6.61 Å². The highest BCUT2D eigenvalue weighted by Crippen LogP contribution is 2.40. The van der Waals surface area contributed by atoms with Crippen molar-refractivity contribution in [2.75, 3.05) is 6.61 Å². The van der Waals surface area contributed by atoms with Crippen LogP contribution in [0.5, 0.6) is 11.5 Å². The summed E-state index contributed by atoms with van der Waals surface area (Å²) < 4.78 is 44.6. The topological polar surface area (TPSA) is 112 Å². The molecule has 8 nitrogen and oxygen atoms in total. The van der Waals surface area contributed by atoms with Gasteiger partial charge in [-0.2, -0.15) is 0 Å². The number of nitro groups is 1. The molecule has 0 radical (unpaired) electrons. The largest absolute Gasteiger partial charge is 0.573 e. The Bertz CT molecular complexity index is 560. The van der Waals surface area contributed by atoms with E-state index in [4.69, 9.17) is 0 Å². The zero-order chi connectivity index (χ0) is 16.2. The molecule has 0 aliphatic carbocycles. The third kappa shape index (κ3) is 4.47. The number of aromatic hydroxyl groups is 1. The van der Waals surface area contributed by atoms with Crippen molar-refractivity contribution < 1.29 is 37.5 Å². The minimum atomic E-state index is -5.26. The van der Waals surface area contributed by atoms with Gasteiger partial charge < -0.3 is 14.6 Å².